The Kier molecular flexibility index (Phi) is 6.40. The van der Waals surface area contributed by atoms with Crippen molar-refractivity contribution in [3.63, 3.8) is 0 Å². The lowest BCUT2D eigenvalue weighted by atomic mass is 10.2. The van der Waals surface area contributed by atoms with Crippen LogP contribution in [0.15, 0.2) is 82.0 Å². The zero-order valence-electron chi connectivity index (χ0n) is 19.7. The highest BCUT2D eigenvalue weighted by Crippen LogP contribution is 2.30. The Bertz CT molecular complexity index is 1500. The highest BCUT2D eigenvalue weighted by atomic mass is 16.5. The Morgan fingerprint density at radius 1 is 1.00 bits per heavy atom. The maximum absolute atomic E-state index is 9.49. The zero-order valence-corrected chi connectivity index (χ0v) is 19.7. The minimum atomic E-state index is 0.199. The summed E-state index contributed by atoms with van der Waals surface area (Å²) in [7, 11) is 1.57. The minimum absolute atomic E-state index is 0.199. The summed E-state index contributed by atoms with van der Waals surface area (Å²) >= 11 is 0. The van der Waals surface area contributed by atoms with E-state index in [1.165, 1.54) is 0 Å². The molecular weight excluding hydrogens is 460 g/mol. The summed E-state index contributed by atoms with van der Waals surface area (Å²) in [6.45, 7) is 2.22. The number of nitriles is 1. The normalized spacial score (nSPS) is 10.7. The van der Waals surface area contributed by atoms with Gasteiger partial charge in [-0.3, -0.25) is 0 Å². The van der Waals surface area contributed by atoms with Crippen LogP contribution in [-0.4, -0.2) is 21.9 Å². The number of para-hydroxylation sites is 1. The van der Waals surface area contributed by atoms with Gasteiger partial charge >= 0.3 is 0 Å². The molecule has 9 nitrogen and oxygen atoms in total. The van der Waals surface area contributed by atoms with Crippen LogP contribution in [0.3, 0.4) is 0 Å². The van der Waals surface area contributed by atoms with E-state index in [0.717, 1.165) is 11.3 Å². The molecule has 0 aliphatic heterocycles. The van der Waals surface area contributed by atoms with Gasteiger partial charge in [-0.2, -0.15) is 5.26 Å². The second kappa shape index (κ2) is 10.1. The molecule has 0 saturated carbocycles. The molecule has 0 N–H and O–H groups in total. The van der Waals surface area contributed by atoms with E-state index >= 15 is 0 Å². The highest BCUT2D eigenvalue weighted by Gasteiger charge is 2.16. The van der Waals surface area contributed by atoms with Crippen molar-refractivity contribution in [1.29, 1.82) is 5.26 Å². The first-order valence-electron chi connectivity index (χ1n) is 11.1. The largest absolute Gasteiger partial charge is 0.493 e. The molecule has 0 spiro atoms. The minimum Gasteiger partial charge on any atom is -0.493 e. The molecule has 2 aromatic carbocycles. The van der Waals surface area contributed by atoms with E-state index in [-0.39, 0.29) is 19.1 Å². The molecule has 0 fully saturated rings. The van der Waals surface area contributed by atoms with E-state index < -0.39 is 0 Å². The van der Waals surface area contributed by atoms with Crippen LogP contribution in [-0.2, 0) is 13.2 Å². The Morgan fingerprint density at radius 2 is 1.86 bits per heavy atom. The first-order chi connectivity index (χ1) is 17.6. The number of hydrogen-bond acceptors (Lipinski definition) is 8. The quantitative estimate of drug-likeness (QED) is 0.272. The summed E-state index contributed by atoms with van der Waals surface area (Å²) in [4.78, 5) is 4.46. The monoisotopic (exact) mass is 482 g/mol. The molecular formula is C27H22N4O5. The van der Waals surface area contributed by atoms with Crippen molar-refractivity contribution in [1.82, 2.24) is 14.8 Å². The topological polar surface area (TPSA) is 108 Å². The SMILES string of the molecule is COc1cc(COc2nn(-c3ccccc3)cc2C#N)ccc1OCc1nc(-c2ccco2)oc1C. The van der Waals surface area contributed by atoms with Gasteiger partial charge in [0.05, 0.1) is 25.3 Å². The molecule has 5 rings (SSSR count). The summed E-state index contributed by atoms with van der Waals surface area (Å²) in [6.07, 6.45) is 3.21. The van der Waals surface area contributed by atoms with Crippen LogP contribution >= 0.6 is 0 Å². The van der Waals surface area contributed by atoms with Gasteiger partial charge in [0.15, 0.2) is 17.3 Å². The fraction of sp³-hybridized carbons (Fsp3) is 0.148. The Balaban J connectivity index is 1.26. The molecule has 0 unspecified atom stereocenters. The summed E-state index contributed by atoms with van der Waals surface area (Å²) in [6, 6.07) is 20.7. The van der Waals surface area contributed by atoms with Crippen LogP contribution in [0.2, 0.25) is 0 Å². The average Bonchev–Trinajstić information content (AvgIpc) is 3.67. The number of hydrogen-bond donors (Lipinski definition) is 0. The van der Waals surface area contributed by atoms with E-state index in [4.69, 9.17) is 23.0 Å². The summed E-state index contributed by atoms with van der Waals surface area (Å²) in [5.74, 6) is 2.96. The van der Waals surface area contributed by atoms with Gasteiger partial charge < -0.3 is 23.0 Å². The van der Waals surface area contributed by atoms with Crippen molar-refractivity contribution in [3.8, 4) is 40.8 Å². The molecule has 3 aromatic heterocycles. The Morgan fingerprint density at radius 3 is 2.61 bits per heavy atom. The van der Waals surface area contributed by atoms with Gasteiger partial charge in [0.1, 0.15) is 36.3 Å². The number of benzene rings is 2. The van der Waals surface area contributed by atoms with Crippen LogP contribution in [0.25, 0.3) is 17.3 Å². The lowest BCUT2D eigenvalue weighted by Crippen LogP contribution is -2.02. The molecule has 0 radical (unpaired) electrons. The van der Waals surface area contributed by atoms with Gasteiger partial charge in [0, 0.05) is 0 Å². The van der Waals surface area contributed by atoms with E-state index in [1.807, 2.05) is 49.4 Å². The number of ether oxygens (including phenoxy) is 3. The van der Waals surface area contributed by atoms with Crippen LogP contribution in [0.4, 0.5) is 0 Å². The van der Waals surface area contributed by atoms with Crippen LogP contribution < -0.4 is 14.2 Å². The first kappa shape index (κ1) is 22.8. The van der Waals surface area contributed by atoms with E-state index in [0.29, 0.717) is 40.2 Å². The molecule has 0 amide bonds. The van der Waals surface area contributed by atoms with Crippen LogP contribution in [0.5, 0.6) is 17.4 Å². The van der Waals surface area contributed by atoms with Gasteiger partial charge in [0.2, 0.25) is 0 Å². The highest BCUT2D eigenvalue weighted by molar-refractivity contribution is 5.46. The van der Waals surface area contributed by atoms with Crippen LogP contribution in [0, 0.1) is 18.3 Å². The third-order valence-electron chi connectivity index (χ3n) is 5.41. The number of oxazole rings is 1. The molecule has 3 heterocycles. The predicted molar refractivity (Wildman–Crippen MR) is 129 cm³/mol. The van der Waals surface area contributed by atoms with E-state index in [1.54, 1.807) is 42.5 Å². The second-order valence-electron chi connectivity index (χ2n) is 7.80. The summed E-state index contributed by atoms with van der Waals surface area (Å²) in [5.41, 5.74) is 2.68. The smallest absolute Gasteiger partial charge is 0.263 e. The standard InChI is InChI=1S/C27H22N4O5/c1-18-22(29-27(36-18)24-9-6-12-33-24)17-34-23-11-10-19(13-25(23)32-2)16-35-26-20(14-28)15-31(30-26)21-7-4-3-5-8-21/h3-13,15H,16-17H2,1-2H3. The molecule has 9 heteroatoms. The molecule has 5 aromatic rings. The van der Waals surface area contributed by atoms with Crippen molar-refractivity contribution in [3.05, 3.63) is 95.7 Å². The third kappa shape index (κ3) is 4.79. The third-order valence-corrected chi connectivity index (χ3v) is 5.41. The fourth-order valence-electron chi connectivity index (χ4n) is 3.54. The lowest BCUT2D eigenvalue weighted by Gasteiger charge is -2.12. The molecule has 0 aliphatic rings. The van der Waals surface area contributed by atoms with Gasteiger partial charge in [0.25, 0.3) is 11.8 Å². The van der Waals surface area contributed by atoms with Crippen molar-refractivity contribution < 1.29 is 23.0 Å². The first-order valence-corrected chi connectivity index (χ1v) is 11.1. The maximum Gasteiger partial charge on any atom is 0.263 e. The molecule has 180 valence electrons. The summed E-state index contributed by atoms with van der Waals surface area (Å²) < 4.78 is 30.0. The summed E-state index contributed by atoms with van der Waals surface area (Å²) in [5, 5.41) is 13.9. The van der Waals surface area contributed by atoms with E-state index in [2.05, 4.69) is 16.2 Å². The van der Waals surface area contributed by atoms with Gasteiger partial charge in [-0.1, -0.05) is 24.3 Å². The maximum atomic E-state index is 9.49. The van der Waals surface area contributed by atoms with Crippen molar-refractivity contribution in [2.45, 2.75) is 20.1 Å². The van der Waals surface area contributed by atoms with Gasteiger partial charge in [-0.05, 0) is 48.9 Å². The number of aryl methyl sites for hydroxylation is 1. The Hall–Kier alpha value is -4.97. The van der Waals surface area contributed by atoms with Crippen LogP contribution in [0.1, 0.15) is 22.6 Å². The van der Waals surface area contributed by atoms with Gasteiger partial charge in [-0.15, -0.1) is 5.10 Å². The molecule has 0 aliphatic carbocycles. The fourth-order valence-corrected chi connectivity index (χ4v) is 3.54. The van der Waals surface area contributed by atoms with Gasteiger partial charge in [-0.25, -0.2) is 9.67 Å². The van der Waals surface area contributed by atoms with Crippen molar-refractivity contribution in [2.24, 2.45) is 0 Å². The number of furan rings is 1. The number of aromatic nitrogens is 3. The molecule has 36 heavy (non-hydrogen) atoms. The number of methoxy groups -OCH3 is 1. The lowest BCUT2D eigenvalue weighted by molar-refractivity contribution is 0.275. The average molecular weight is 482 g/mol. The molecule has 0 bridgehead atoms. The number of nitrogens with zero attached hydrogens (tertiary/aromatic N) is 4. The van der Waals surface area contributed by atoms with E-state index in [9.17, 15) is 5.26 Å². The number of rotatable bonds is 9. The molecule has 0 atom stereocenters. The Labute approximate surface area is 207 Å². The predicted octanol–water partition coefficient (Wildman–Crippen LogP) is 5.47. The second-order valence-corrected chi connectivity index (χ2v) is 7.80. The van der Waals surface area contributed by atoms with Crippen molar-refractivity contribution >= 4 is 0 Å². The molecule has 0 saturated heterocycles. The van der Waals surface area contributed by atoms with Crippen molar-refractivity contribution in [2.75, 3.05) is 7.11 Å². The zero-order chi connectivity index (χ0) is 24.9.